The van der Waals surface area contributed by atoms with Crippen molar-refractivity contribution in [3.8, 4) is 22.6 Å². The largest absolute Gasteiger partial charge is 0.492 e. The lowest BCUT2D eigenvalue weighted by Crippen LogP contribution is -2.34. The van der Waals surface area contributed by atoms with Gasteiger partial charge in [0.1, 0.15) is 36.9 Å². The number of ether oxygens (including phenoxy) is 4. The number of carbonyl (C=O) groups excluding carboxylic acids is 2. The average Bonchev–Trinajstić information content (AvgIpc) is 2.74. The van der Waals surface area contributed by atoms with E-state index in [9.17, 15) is 9.59 Å². The molecule has 1 amide bonds. The van der Waals surface area contributed by atoms with Crippen LogP contribution in [-0.4, -0.2) is 44.0 Å². The molecule has 174 valence electrons. The van der Waals surface area contributed by atoms with Crippen molar-refractivity contribution >= 4 is 23.7 Å². The van der Waals surface area contributed by atoms with Gasteiger partial charge >= 0.3 is 12.1 Å². The van der Waals surface area contributed by atoms with E-state index < -0.39 is 11.7 Å². The minimum Gasteiger partial charge on any atom is -0.492 e. The highest BCUT2D eigenvalue weighted by molar-refractivity contribution is 6.33. The maximum absolute atomic E-state index is 11.6. The molecule has 2 rings (SSSR count). The highest BCUT2D eigenvalue weighted by Crippen LogP contribution is 2.32. The second-order valence-corrected chi connectivity index (χ2v) is 8.27. The van der Waals surface area contributed by atoms with E-state index in [1.165, 1.54) is 0 Å². The van der Waals surface area contributed by atoms with Crippen molar-refractivity contribution in [2.24, 2.45) is 0 Å². The van der Waals surface area contributed by atoms with E-state index in [2.05, 4.69) is 5.32 Å². The minimum absolute atomic E-state index is 0.194. The van der Waals surface area contributed by atoms with Crippen molar-refractivity contribution < 1.29 is 28.5 Å². The highest BCUT2D eigenvalue weighted by atomic mass is 35.5. The lowest BCUT2D eigenvalue weighted by Gasteiger charge is -2.19. The van der Waals surface area contributed by atoms with Crippen LogP contribution in [-0.2, 0) is 14.3 Å². The van der Waals surface area contributed by atoms with E-state index >= 15 is 0 Å². The number of esters is 1. The fourth-order valence-electron chi connectivity index (χ4n) is 2.60. The number of hydrogen-bond donors (Lipinski definition) is 1. The molecule has 2 aromatic rings. The molecule has 0 bridgehead atoms. The molecule has 0 saturated heterocycles. The lowest BCUT2D eigenvalue weighted by atomic mass is 10.1. The van der Waals surface area contributed by atoms with Crippen LogP contribution in [0.1, 0.15) is 34.1 Å². The number of carbonyl (C=O) groups is 2. The molecule has 0 atom stereocenters. The maximum Gasteiger partial charge on any atom is 0.407 e. The van der Waals surface area contributed by atoms with Crippen LogP contribution in [0.25, 0.3) is 11.1 Å². The summed E-state index contributed by atoms with van der Waals surface area (Å²) in [4.78, 5) is 22.8. The van der Waals surface area contributed by atoms with Crippen LogP contribution in [0.15, 0.2) is 42.5 Å². The molecule has 0 radical (unpaired) electrons. The zero-order valence-corrected chi connectivity index (χ0v) is 19.7. The van der Waals surface area contributed by atoms with Gasteiger partial charge in [0, 0.05) is 17.0 Å². The predicted molar refractivity (Wildman–Crippen MR) is 123 cm³/mol. The molecule has 2 aromatic carbocycles. The molecule has 32 heavy (non-hydrogen) atoms. The Bertz CT molecular complexity index is 892. The quantitative estimate of drug-likeness (QED) is 0.383. The Morgan fingerprint density at radius 1 is 0.938 bits per heavy atom. The third-order valence-electron chi connectivity index (χ3n) is 4.05. The highest BCUT2D eigenvalue weighted by Gasteiger charge is 2.15. The van der Waals surface area contributed by atoms with Crippen LogP contribution < -0.4 is 14.8 Å². The van der Waals surface area contributed by atoms with Crippen molar-refractivity contribution in [3.63, 3.8) is 0 Å². The Hall–Kier alpha value is -2.93. The molecule has 0 heterocycles. The first kappa shape index (κ1) is 25.3. The molecule has 0 spiro atoms. The Morgan fingerprint density at radius 3 is 2.25 bits per heavy atom. The molecule has 7 nitrogen and oxygen atoms in total. The smallest absolute Gasteiger partial charge is 0.407 e. The third kappa shape index (κ3) is 9.06. The molecule has 0 unspecified atom stereocenters. The van der Waals surface area contributed by atoms with Gasteiger partial charge in [0.05, 0.1) is 6.54 Å². The summed E-state index contributed by atoms with van der Waals surface area (Å²) in [5.74, 6) is 1.04. The van der Waals surface area contributed by atoms with E-state index in [1.54, 1.807) is 19.1 Å². The molecule has 0 fully saturated rings. The second kappa shape index (κ2) is 12.2. The van der Waals surface area contributed by atoms with Crippen LogP contribution in [0.2, 0.25) is 5.02 Å². The van der Waals surface area contributed by atoms with E-state index in [0.717, 1.165) is 11.1 Å². The number of rotatable bonds is 10. The summed E-state index contributed by atoms with van der Waals surface area (Å²) in [7, 11) is 0. The summed E-state index contributed by atoms with van der Waals surface area (Å²) >= 11 is 6.36. The molecule has 0 aliphatic rings. The number of alkyl carbamates (subject to hydrolysis) is 1. The molecular weight excluding hydrogens is 434 g/mol. The first-order valence-electron chi connectivity index (χ1n) is 10.5. The van der Waals surface area contributed by atoms with Crippen molar-refractivity contribution in [1.82, 2.24) is 5.32 Å². The molecule has 0 aromatic heterocycles. The number of benzene rings is 2. The zero-order valence-electron chi connectivity index (χ0n) is 18.9. The Balaban J connectivity index is 1.86. The van der Waals surface area contributed by atoms with Crippen LogP contribution in [0.5, 0.6) is 11.5 Å². The zero-order chi connectivity index (χ0) is 23.6. The van der Waals surface area contributed by atoms with Crippen LogP contribution in [0, 0.1) is 0 Å². The average molecular weight is 464 g/mol. The van der Waals surface area contributed by atoms with Crippen LogP contribution in [0.4, 0.5) is 4.79 Å². The normalized spacial score (nSPS) is 10.9. The van der Waals surface area contributed by atoms with Gasteiger partial charge in [-0.25, -0.2) is 4.79 Å². The topological polar surface area (TPSA) is 83.1 Å². The number of hydrogen-bond acceptors (Lipinski definition) is 6. The number of nitrogens with one attached hydrogen (secondary N) is 1. The summed E-state index contributed by atoms with van der Waals surface area (Å²) < 4.78 is 21.5. The fourth-order valence-corrected chi connectivity index (χ4v) is 2.83. The van der Waals surface area contributed by atoms with Gasteiger partial charge in [-0.05, 0) is 56.7 Å². The Kier molecular flexibility index (Phi) is 9.65. The summed E-state index contributed by atoms with van der Waals surface area (Å²) in [6.07, 6.45) is -0.137. The maximum atomic E-state index is 11.6. The fraction of sp³-hybridized carbons (Fsp3) is 0.417. The third-order valence-corrected chi connectivity index (χ3v) is 4.38. The van der Waals surface area contributed by atoms with Gasteiger partial charge in [-0.3, -0.25) is 4.79 Å². The van der Waals surface area contributed by atoms with Gasteiger partial charge < -0.3 is 24.3 Å². The standard InChI is InChI=1S/C24H30ClNO6/c1-5-22(27)31-15-14-30-19-10-11-21(25)20(16-19)17-6-8-18(9-7-17)29-13-12-26-23(28)32-24(2,3)4/h6-11,16H,5,12-15H2,1-4H3,(H,26,28). The van der Waals surface area contributed by atoms with E-state index in [-0.39, 0.29) is 19.2 Å². The van der Waals surface area contributed by atoms with E-state index in [4.69, 9.17) is 30.5 Å². The van der Waals surface area contributed by atoms with Gasteiger partial charge in [-0.2, -0.15) is 0 Å². The van der Waals surface area contributed by atoms with Crippen molar-refractivity contribution in [3.05, 3.63) is 47.5 Å². The molecule has 0 aliphatic carbocycles. The summed E-state index contributed by atoms with van der Waals surface area (Å²) in [6.45, 7) is 8.26. The molecule has 1 N–H and O–H groups in total. The summed E-state index contributed by atoms with van der Waals surface area (Å²) in [6, 6.07) is 12.8. The van der Waals surface area contributed by atoms with Crippen molar-refractivity contribution in [1.29, 1.82) is 0 Å². The minimum atomic E-state index is -0.535. The summed E-state index contributed by atoms with van der Waals surface area (Å²) in [5, 5.41) is 3.23. The number of amides is 1. The molecule has 8 heteroatoms. The van der Waals surface area contributed by atoms with Gasteiger partial charge in [0.15, 0.2) is 0 Å². The van der Waals surface area contributed by atoms with Gasteiger partial charge in [-0.1, -0.05) is 30.7 Å². The van der Waals surface area contributed by atoms with Crippen LogP contribution >= 0.6 is 11.6 Å². The van der Waals surface area contributed by atoms with E-state index in [0.29, 0.717) is 36.1 Å². The van der Waals surface area contributed by atoms with Crippen LogP contribution in [0.3, 0.4) is 0 Å². The lowest BCUT2D eigenvalue weighted by molar-refractivity contribution is -0.143. The number of halogens is 1. The van der Waals surface area contributed by atoms with Crippen molar-refractivity contribution in [2.45, 2.75) is 39.7 Å². The summed E-state index contributed by atoms with van der Waals surface area (Å²) in [5.41, 5.74) is 1.18. The first-order chi connectivity index (χ1) is 15.2. The van der Waals surface area contributed by atoms with Gasteiger partial charge in [0.25, 0.3) is 0 Å². The molecule has 0 aliphatic heterocycles. The molecule has 0 saturated carbocycles. The first-order valence-corrected chi connectivity index (χ1v) is 10.8. The van der Waals surface area contributed by atoms with Crippen molar-refractivity contribution in [2.75, 3.05) is 26.4 Å². The monoisotopic (exact) mass is 463 g/mol. The second-order valence-electron chi connectivity index (χ2n) is 7.87. The predicted octanol–water partition coefficient (Wildman–Crippen LogP) is 5.24. The Morgan fingerprint density at radius 2 is 1.59 bits per heavy atom. The van der Waals surface area contributed by atoms with E-state index in [1.807, 2.05) is 51.1 Å². The molecular formula is C24H30ClNO6. The van der Waals surface area contributed by atoms with Gasteiger partial charge in [-0.15, -0.1) is 0 Å². The SMILES string of the molecule is CCC(=O)OCCOc1ccc(Cl)c(-c2ccc(OCCNC(=O)OC(C)(C)C)cc2)c1. The Labute approximate surface area is 193 Å². The van der Waals surface area contributed by atoms with Gasteiger partial charge in [0.2, 0.25) is 0 Å².